The fourth-order valence-electron chi connectivity index (χ4n) is 2.21. The molecule has 6 nitrogen and oxygen atoms in total. The van der Waals surface area contributed by atoms with Crippen molar-refractivity contribution >= 4 is 17.6 Å². The maximum atomic E-state index is 6.04. The number of guanidine groups is 1. The molecule has 0 radical (unpaired) electrons. The molecule has 0 aliphatic carbocycles. The first-order valence-corrected chi connectivity index (χ1v) is 7.68. The third-order valence-corrected chi connectivity index (χ3v) is 3.71. The number of hydrogen-bond acceptors (Lipinski definition) is 2. The van der Waals surface area contributed by atoms with Gasteiger partial charge in [-0.2, -0.15) is 5.10 Å². The lowest BCUT2D eigenvalue weighted by atomic mass is 10.3. The van der Waals surface area contributed by atoms with E-state index < -0.39 is 0 Å². The summed E-state index contributed by atoms with van der Waals surface area (Å²) in [7, 11) is 4.01. The van der Waals surface area contributed by atoms with Gasteiger partial charge in [-0.25, -0.2) is 4.99 Å². The molecule has 2 heterocycles. The Balaban J connectivity index is 2.09. The number of H-pyrrole nitrogens is 1. The molecular weight excluding hydrogens is 300 g/mol. The summed E-state index contributed by atoms with van der Waals surface area (Å²) in [5, 5.41) is 11.0. The smallest absolute Gasteiger partial charge is 0.194 e. The lowest BCUT2D eigenvalue weighted by molar-refractivity contribution is 0.462. The zero-order chi connectivity index (χ0) is 16.1. The van der Waals surface area contributed by atoms with Gasteiger partial charge in [-0.05, 0) is 19.9 Å². The largest absolute Gasteiger partial charge is 0.357 e. The lowest BCUT2D eigenvalue weighted by Crippen LogP contribution is -2.38. The molecule has 2 aromatic heterocycles. The highest BCUT2D eigenvalue weighted by atomic mass is 35.5. The summed E-state index contributed by atoms with van der Waals surface area (Å²) in [6.45, 7) is 6.22. The minimum absolute atomic E-state index is 0.600. The van der Waals surface area contributed by atoms with Gasteiger partial charge in [0.25, 0.3) is 0 Å². The molecular formula is C15H23ClN6. The van der Waals surface area contributed by atoms with E-state index in [-0.39, 0.29) is 0 Å². The highest BCUT2D eigenvalue weighted by Crippen LogP contribution is 2.14. The standard InChI is InChI=1S/C15H23ClN6/c1-5-17-15(18-7-12-8-19-20-11(12)2)22(4)10-14-6-13(16)9-21(14)3/h6,8-9H,5,7,10H2,1-4H3,(H,17,18)(H,19,20). The molecule has 0 saturated heterocycles. The second kappa shape index (κ2) is 7.35. The quantitative estimate of drug-likeness (QED) is 0.656. The van der Waals surface area contributed by atoms with Crippen LogP contribution in [0.2, 0.25) is 5.02 Å². The summed E-state index contributed by atoms with van der Waals surface area (Å²) in [6.07, 6.45) is 3.73. The van der Waals surface area contributed by atoms with Crippen molar-refractivity contribution < 1.29 is 0 Å². The van der Waals surface area contributed by atoms with Gasteiger partial charge in [-0.3, -0.25) is 5.10 Å². The predicted octanol–water partition coefficient (Wildman–Crippen LogP) is 2.31. The molecule has 0 aliphatic heterocycles. The van der Waals surface area contributed by atoms with Crippen LogP contribution < -0.4 is 5.32 Å². The lowest BCUT2D eigenvalue weighted by Gasteiger charge is -2.22. The predicted molar refractivity (Wildman–Crippen MR) is 90.0 cm³/mol. The molecule has 0 unspecified atom stereocenters. The van der Waals surface area contributed by atoms with Gasteiger partial charge in [0.05, 0.1) is 24.3 Å². The molecule has 0 atom stereocenters. The zero-order valence-electron chi connectivity index (χ0n) is 13.5. The third kappa shape index (κ3) is 4.04. The number of aromatic amines is 1. The van der Waals surface area contributed by atoms with Gasteiger partial charge in [0, 0.05) is 43.8 Å². The minimum Gasteiger partial charge on any atom is -0.357 e. The van der Waals surface area contributed by atoms with E-state index in [1.54, 1.807) is 0 Å². The van der Waals surface area contributed by atoms with Gasteiger partial charge in [-0.1, -0.05) is 11.6 Å². The zero-order valence-corrected chi connectivity index (χ0v) is 14.3. The van der Waals surface area contributed by atoms with E-state index in [4.69, 9.17) is 11.6 Å². The van der Waals surface area contributed by atoms with Crippen LogP contribution in [0.5, 0.6) is 0 Å². The molecule has 0 amide bonds. The van der Waals surface area contributed by atoms with Crippen molar-refractivity contribution in [3.8, 4) is 0 Å². The summed E-state index contributed by atoms with van der Waals surface area (Å²) in [5.74, 6) is 0.862. The number of hydrogen-bond donors (Lipinski definition) is 2. The Morgan fingerprint density at radius 2 is 2.32 bits per heavy atom. The number of nitrogens with one attached hydrogen (secondary N) is 2. The molecule has 22 heavy (non-hydrogen) atoms. The first-order valence-electron chi connectivity index (χ1n) is 7.30. The fraction of sp³-hybridized carbons (Fsp3) is 0.467. The highest BCUT2D eigenvalue weighted by molar-refractivity contribution is 6.30. The van der Waals surface area contributed by atoms with E-state index in [1.807, 2.05) is 44.0 Å². The summed E-state index contributed by atoms with van der Waals surface area (Å²) in [5.41, 5.74) is 3.29. The van der Waals surface area contributed by atoms with Crippen LogP contribution in [0.3, 0.4) is 0 Å². The van der Waals surface area contributed by atoms with E-state index in [9.17, 15) is 0 Å². The number of halogens is 1. The van der Waals surface area contributed by atoms with E-state index in [2.05, 4.69) is 32.3 Å². The van der Waals surface area contributed by atoms with E-state index in [1.165, 1.54) is 0 Å². The van der Waals surface area contributed by atoms with E-state index in [0.717, 1.165) is 41.0 Å². The Morgan fingerprint density at radius 1 is 1.55 bits per heavy atom. The van der Waals surface area contributed by atoms with E-state index in [0.29, 0.717) is 6.54 Å². The second-order valence-corrected chi connectivity index (χ2v) is 5.74. The van der Waals surface area contributed by atoms with Gasteiger partial charge < -0.3 is 14.8 Å². The molecule has 0 aliphatic rings. The monoisotopic (exact) mass is 322 g/mol. The van der Waals surface area contributed by atoms with Crippen molar-refractivity contribution in [2.24, 2.45) is 12.0 Å². The van der Waals surface area contributed by atoms with Gasteiger partial charge >= 0.3 is 0 Å². The number of aryl methyl sites for hydroxylation is 2. The van der Waals surface area contributed by atoms with Crippen LogP contribution in [-0.2, 0) is 20.1 Å². The maximum Gasteiger partial charge on any atom is 0.194 e. The Morgan fingerprint density at radius 3 is 2.86 bits per heavy atom. The van der Waals surface area contributed by atoms with Crippen LogP contribution in [0.1, 0.15) is 23.9 Å². The Bertz CT molecular complexity index is 642. The van der Waals surface area contributed by atoms with Crippen LogP contribution in [-0.4, -0.2) is 39.2 Å². The van der Waals surface area contributed by atoms with Crippen LogP contribution >= 0.6 is 11.6 Å². The molecule has 2 rings (SSSR count). The van der Waals surface area contributed by atoms with Crippen molar-refractivity contribution in [1.29, 1.82) is 0 Å². The molecule has 120 valence electrons. The molecule has 0 bridgehead atoms. The molecule has 2 aromatic rings. The van der Waals surface area contributed by atoms with Crippen molar-refractivity contribution in [3.05, 3.63) is 40.4 Å². The molecule has 0 fully saturated rings. The van der Waals surface area contributed by atoms with Crippen molar-refractivity contribution in [1.82, 2.24) is 25.0 Å². The molecule has 0 aromatic carbocycles. The summed E-state index contributed by atoms with van der Waals surface area (Å²) >= 11 is 6.04. The minimum atomic E-state index is 0.600. The molecule has 0 saturated carbocycles. The average Bonchev–Trinajstić information content (AvgIpc) is 3.00. The normalized spacial score (nSPS) is 11.8. The SMILES string of the molecule is CCNC(=NCc1cn[nH]c1C)N(C)Cc1cc(Cl)cn1C. The van der Waals surface area contributed by atoms with Crippen molar-refractivity contribution in [3.63, 3.8) is 0 Å². The summed E-state index contributed by atoms with van der Waals surface area (Å²) in [6, 6.07) is 1.97. The van der Waals surface area contributed by atoms with Gasteiger partial charge in [0.1, 0.15) is 0 Å². The Labute approximate surface area is 136 Å². The first-order chi connectivity index (χ1) is 10.5. The van der Waals surface area contributed by atoms with Crippen LogP contribution in [0.25, 0.3) is 0 Å². The number of aliphatic imine (C=N–C) groups is 1. The van der Waals surface area contributed by atoms with Crippen molar-refractivity contribution in [2.75, 3.05) is 13.6 Å². The van der Waals surface area contributed by atoms with E-state index >= 15 is 0 Å². The topological polar surface area (TPSA) is 61.2 Å². The number of nitrogens with zero attached hydrogens (tertiary/aromatic N) is 4. The Hall–Kier alpha value is -1.95. The second-order valence-electron chi connectivity index (χ2n) is 5.31. The first kappa shape index (κ1) is 16.4. The highest BCUT2D eigenvalue weighted by Gasteiger charge is 2.10. The summed E-state index contributed by atoms with van der Waals surface area (Å²) < 4.78 is 2.03. The third-order valence-electron chi connectivity index (χ3n) is 3.50. The maximum absolute atomic E-state index is 6.04. The Kier molecular flexibility index (Phi) is 5.49. The van der Waals surface area contributed by atoms with Gasteiger partial charge in [-0.15, -0.1) is 0 Å². The van der Waals surface area contributed by atoms with Crippen molar-refractivity contribution in [2.45, 2.75) is 26.9 Å². The van der Waals surface area contributed by atoms with Crippen LogP contribution in [0.15, 0.2) is 23.5 Å². The molecule has 2 N–H and O–H groups in total. The molecule has 0 spiro atoms. The fourth-order valence-corrected chi connectivity index (χ4v) is 2.48. The van der Waals surface area contributed by atoms with Crippen LogP contribution in [0, 0.1) is 6.92 Å². The molecule has 7 heteroatoms. The van der Waals surface area contributed by atoms with Gasteiger partial charge in [0.15, 0.2) is 5.96 Å². The van der Waals surface area contributed by atoms with Crippen LogP contribution in [0.4, 0.5) is 0 Å². The van der Waals surface area contributed by atoms with Gasteiger partial charge in [0.2, 0.25) is 0 Å². The number of rotatable bonds is 5. The summed E-state index contributed by atoms with van der Waals surface area (Å²) in [4.78, 5) is 6.77. The average molecular weight is 323 g/mol. The number of aromatic nitrogens is 3.